The van der Waals surface area contributed by atoms with Gasteiger partial charge in [-0.1, -0.05) is 37.4 Å². The van der Waals surface area contributed by atoms with Crippen LogP contribution in [0.15, 0.2) is 24.3 Å². The number of anilines is 1. The molecule has 3 N–H and O–H groups in total. The highest BCUT2D eigenvalue weighted by Crippen LogP contribution is 2.16. The topological polar surface area (TPSA) is 38.0 Å². The minimum Gasteiger partial charge on any atom is -0.381 e. The van der Waals surface area contributed by atoms with Crippen molar-refractivity contribution in [3.8, 4) is 0 Å². The zero-order valence-corrected chi connectivity index (χ0v) is 9.93. The fraction of sp³-hybridized carbons (Fsp3) is 0.500. The Morgan fingerprint density at radius 1 is 1.47 bits per heavy atom. The van der Waals surface area contributed by atoms with Crippen LogP contribution in [-0.4, -0.2) is 12.6 Å². The average Bonchev–Trinajstić information content (AvgIpc) is 2.24. The summed E-state index contributed by atoms with van der Waals surface area (Å²) in [7, 11) is 0. The molecule has 1 unspecified atom stereocenters. The normalized spacial score (nSPS) is 12.5. The number of benzene rings is 1. The van der Waals surface area contributed by atoms with Crippen molar-refractivity contribution in [2.24, 2.45) is 5.73 Å². The van der Waals surface area contributed by atoms with Crippen molar-refractivity contribution in [1.29, 1.82) is 0 Å². The van der Waals surface area contributed by atoms with Gasteiger partial charge in [-0.3, -0.25) is 0 Å². The molecule has 3 heteroatoms. The van der Waals surface area contributed by atoms with Gasteiger partial charge in [-0.25, -0.2) is 0 Å². The van der Waals surface area contributed by atoms with Gasteiger partial charge < -0.3 is 11.1 Å². The van der Waals surface area contributed by atoms with Gasteiger partial charge >= 0.3 is 0 Å². The van der Waals surface area contributed by atoms with Crippen LogP contribution >= 0.6 is 11.6 Å². The molecule has 0 aliphatic rings. The molecule has 0 fully saturated rings. The lowest BCUT2D eigenvalue weighted by Crippen LogP contribution is -2.28. The van der Waals surface area contributed by atoms with Gasteiger partial charge in [0.1, 0.15) is 0 Å². The SMILES string of the molecule is CCCCC(CN)Nc1cccc(Cl)c1. The molecule has 1 atom stereocenters. The average molecular weight is 227 g/mol. The van der Waals surface area contributed by atoms with Crippen LogP contribution in [0.1, 0.15) is 26.2 Å². The van der Waals surface area contributed by atoms with E-state index in [9.17, 15) is 0 Å². The molecule has 1 aromatic rings. The number of nitrogens with two attached hydrogens (primary N) is 1. The van der Waals surface area contributed by atoms with E-state index < -0.39 is 0 Å². The van der Waals surface area contributed by atoms with Gasteiger partial charge in [-0.2, -0.15) is 0 Å². The van der Waals surface area contributed by atoms with Gasteiger partial charge in [0.05, 0.1) is 0 Å². The first kappa shape index (κ1) is 12.3. The second-order valence-corrected chi connectivity index (χ2v) is 4.17. The molecule has 1 aromatic carbocycles. The lowest BCUT2D eigenvalue weighted by molar-refractivity contribution is 0.614. The molecule has 0 saturated heterocycles. The van der Waals surface area contributed by atoms with Crippen LogP contribution in [0.5, 0.6) is 0 Å². The van der Waals surface area contributed by atoms with Crippen molar-refractivity contribution >= 4 is 17.3 Å². The number of nitrogens with one attached hydrogen (secondary N) is 1. The molecule has 0 heterocycles. The highest BCUT2D eigenvalue weighted by molar-refractivity contribution is 6.30. The van der Waals surface area contributed by atoms with Crippen molar-refractivity contribution in [2.75, 3.05) is 11.9 Å². The number of unbranched alkanes of at least 4 members (excludes halogenated alkanes) is 1. The summed E-state index contributed by atoms with van der Waals surface area (Å²) >= 11 is 5.90. The standard InChI is InChI=1S/C12H19ClN2/c1-2-3-6-12(9-14)15-11-7-4-5-10(13)8-11/h4-5,7-8,12,15H,2-3,6,9,14H2,1H3. The Morgan fingerprint density at radius 3 is 2.87 bits per heavy atom. The maximum atomic E-state index is 5.90. The third-order valence-corrected chi connectivity index (χ3v) is 2.62. The minimum absolute atomic E-state index is 0.350. The van der Waals surface area contributed by atoms with E-state index in [1.54, 1.807) is 0 Å². The van der Waals surface area contributed by atoms with Gasteiger partial charge in [0, 0.05) is 23.3 Å². The first-order valence-corrected chi connectivity index (χ1v) is 5.86. The summed E-state index contributed by atoms with van der Waals surface area (Å²) in [6, 6.07) is 8.11. The number of halogens is 1. The quantitative estimate of drug-likeness (QED) is 0.782. The molecule has 0 amide bonds. The molecule has 0 spiro atoms. The molecule has 0 saturated carbocycles. The largest absolute Gasteiger partial charge is 0.381 e. The van der Waals surface area contributed by atoms with Crippen molar-refractivity contribution < 1.29 is 0 Å². The Labute approximate surface area is 96.8 Å². The van der Waals surface area contributed by atoms with Crippen LogP contribution in [0.4, 0.5) is 5.69 Å². The molecule has 1 rings (SSSR count). The Kier molecular flexibility index (Phi) is 5.51. The van der Waals surface area contributed by atoms with Crippen LogP contribution in [0.2, 0.25) is 5.02 Å². The molecule has 0 aliphatic carbocycles. The molecular formula is C12H19ClN2. The number of hydrogen-bond acceptors (Lipinski definition) is 2. The summed E-state index contributed by atoms with van der Waals surface area (Å²) in [5.74, 6) is 0. The third-order valence-electron chi connectivity index (χ3n) is 2.39. The van der Waals surface area contributed by atoms with Gasteiger partial charge in [0.2, 0.25) is 0 Å². The fourth-order valence-electron chi connectivity index (χ4n) is 1.51. The highest BCUT2D eigenvalue weighted by atomic mass is 35.5. The van der Waals surface area contributed by atoms with Crippen molar-refractivity contribution in [3.05, 3.63) is 29.3 Å². The fourth-order valence-corrected chi connectivity index (χ4v) is 1.70. The summed E-state index contributed by atoms with van der Waals surface area (Å²) in [6.07, 6.45) is 3.52. The maximum absolute atomic E-state index is 5.90. The zero-order chi connectivity index (χ0) is 11.1. The molecule has 0 aliphatic heterocycles. The van der Waals surface area contributed by atoms with Crippen LogP contribution in [0.3, 0.4) is 0 Å². The monoisotopic (exact) mass is 226 g/mol. The second-order valence-electron chi connectivity index (χ2n) is 3.73. The van der Waals surface area contributed by atoms with Gasteiger partial charge in [-0.05, 0) is 24.6 Å². The molecule has 84 valence electrons. The lowest BCUT2D eigenvalue weighted by Gasteiger charge is -2.17. The molecule has 2 nitrogen and oxygen atoms in total. The molecule has 15 heavy (non-hydrogen) atoms. The van der Waals surface area contributed by atoms with Crippen molar-refractivity contribution in [2.45, 2.75) is 32.2 Å². The second kappa shape index (κ2) is 6.70. The van der Waals surface area contributed by atoms with E-state index in [0.29, 0.717) is 12.6 Å². The Balaban J connectivity index is 2.50. The van der Waals surface area contributed by atoms with E-state index in [-0.39, 0.29) is 0 Å². The van der Waals surface area contributed by atoms with Gasteiger partial charge in [0.25, 0.3) is 0 Å². The first-order chi connectivity index (χ1) is 7.26. The van der Waals surface area contributed by atoms with E-state index in [1.165, 1.54) is 12.8 Å². The summed E-state index contributed by atoms with van der Waals surface area (Å²) in [6.45, 7) is 2.85. The summed E-state index contributed by atoms with van der Waals surface area (Å²) in [5.41, 5.74) is 6.75. The van der Waals surface area contributed by atoms with E-state index in [1.807, 2.05) is 24.3 Å². The predicted octanol–water partition coefficient (Wildman–Crippen LogP) is 3.27. The minimum atomic E-state index is 0.350. The summed E-state index contributed by atoms with van der Waals surface area (Å²) in [4.78, 5) is 0. The molecule has 0 bridgehead atoms. The van der Waals surface area contributed by atoms with Gasteiger partial charge in [-0.15, -0.1) is 0 Å². The Hall–Kier alpha value is -0.730. The van der Waals surface area contributed by atoms with Crippen LogP contribution in [-0.2, 0) is 0 Å². The third kappa shape index (κ3) is 4.54. The van der Waals surface area contributed by atoms with E-state index in [2.05, 4.69) is 12.2 Å². The lowest BCUT2D eigenvalue weighted by atomic mass is 10.1. The van der Waals surface area contributed by atoms with E-state index in [0.717, 1.165) is 17.1 Å². The number of rotatable bonds is 6. The van der Waals surface area contributed by atoms with Crippen molar-refractivity contribution in [3.63, 3.8) is 0 Å². The number of hydrogen-bond donors (Lipinski definition) is 2. The van der Waals surface area contributed by atoms with E-state index in [4.69, 9.17) is 17.3 Å². The van der Waals surface area contributed by atoms with Crippen LogP contribution in [0, 0.1) is 0 Å². The van der Waals surface area contributed by atoms with Crippen LogP contribution in [0.25, 0.3) is 0 Å². The van der Waals surface area contributed by atoms with Crippen molar-refractivity contribution in [1.82, 2.24) is 0 Å². The summed E-state index contributed by atoms with van der Waals surface area (Å²) < 4.78 is 0. The van der Waals surface area contributed by atoms with Gasteiger partial charge in [0.15, 0.2) is 0 Å². The first-order valence-electron chi connectivity index (χ1n) is 5.48. The molecule has 0 aromatic heterocycles. The zero-order valence-electron chi connectivity index (χ0n) is 9.17. The predicted molar refractivity (Wildman–Crippen MR) is 67.4 cm³/mol. The van der Waals surface area contributed by atoms with E-state index >= 15 is 0 Å². The molecule has 0 radical (unpaired) electrons. The smallest absolute Gasteiger partial charge is 0.0426 e. The Bertz CT molecular complexity index is 289. The maximum Gasteiger partial charge on any atom is 0.0426 e. The molecular weight excluding hydrogens is 208 g/mol. The van der Waals surface area contributed by atoms with Crippen LogP contribution < -0.4 is 11.1 Å². The Morgan fingerprint density at radius 2 is 2.27 bits per heavy atom. The highest BCUT2D eigenvalue weighted by Gasteiger charge is 2.05. The summed E-state index contributed by atoms with van der Waals surface area (Å²) in [5, 5.41) is 4.15.